The first kappa shape index (κ1) is 13.0. The molecular weight excluding hydrogens is 222 g/mol. The normalized spacial score (nSPS) is 17.1. The Morgan fingerprint density at radius 1 is 1.28 bits per heavy atom. The molecule has 2 heteroatoms. The largest absolute Gasteiger partial charge is 0.294 e. The van der Waals surface area contributed by atoms with E-state index < -0.39 is 0 Å². The summed E-state index contributed by atoms with van der Waals surface area (Å²) in [6.45, 7) is 6.03. The highest BCUT2D eigenvalue weighted by Crippen LogP contribution is 2.12. The van der Waals surface area contributed by atoms with Crippen LogP contribution in [0.25, 0.3) is 0 Å². The van der Waals surface area contributed by atoms with Gasteiger partial charge in [0.1, 0.15) is 12.8 Å². The zero-order chi connectivity index (χ0) is 13.0. The van der Waals surface area contributed by atoms with Crippen molar-refractivity contribution in [3.05, 3.63) is 35.4 Å². The van der Waals surface area contributed by atoms with Crippen LogP contribution in [0.5, 0.6) is 0 Å². The minimum Gasteiger partial charge on any atom is -0.294 e. The molecule has 18 heavy (non-hydrogen) atoms. The summed E-state index contributed by atoms with van der Waals surface area (Å²) in [7, 11) is 0. The molecule has 2 nitrogen and oxygen atoms in total. The highest BCUT2D eigenvalue weighted by molar-refractivity contribution is 5.97. The molecule has 0 amide bonds. The molecular formula is C16H22NO+. The van der Waals surface area contributed by atoms with Crippen molar-refractivity contribution < 1.29 is 9.37 Å². The molecule has 1 aliphatic rings. The topological polar surface area (TPSA) is 20.1 Å². The Balaban J connectivity index is 2.00. The third-order valence-corrected chi connectivity index (χ3v) is 3.58. The zero-order valence-electron chi connectivity index (χ0n) is 11.4. The van der Waals surface area contributed by atoms with E-state index in [1.165, 1.54) is 18.4 Å². The van der Waals surface area contributed by atoms with Gasteiger partial charge in [-0.3, -0.25) is 4.79 Å². The minimum atomic E-state index is 0.0713. The van der Waals surface area contributed by atoms with E-state index >= 15 is 0 Å². The second-order valence-electron chi connectivity index (χ2n) is 5.30. The maximum atomic E-state index is 12.3. The van der Waals surface area contributed by atoms with E-state index in [1.54, 1.807) is 0 Å². The Morgan fingerprint density at radius 3 is 2.61 bits per heavy atom. The Kier molecular flexibility index (Phi) is 4.29. The first-order valence-corrected chi connectivity index (χ1v) is 6.85. The fourth-order valence-corrected chi connectivity index (χ4v) is 2.43. The summed E-state index contributed by atoms with van der Waals surface area (Å²) in [6, 6.07) is 7.89. The van der Waals surface area contributed by atoms with Gasteiger partial charge in [-0.25, -0.2) is 4.58 Å². The number of ketones is 1. The van der Waals surface area contributed by atoms with Crippen molar-refractivity contribution in [1.82, 2.24) is 0 Å². The van der Waals surface area contributed by atoms with Crippen LogP contribution in [0.4, 0.5) is 0 Å². The third-order valence-electron chi connectivity index (χ3n) is 3.58. The highest BCUT2D eigenvalue weighted by Gasteiger charge is 2.21. The molecule has 1 aliphatic heterocycles. The summed E-state index contributed by atoms with van der Waals surface area (Å²) >= 11 is 0. The van der Waals surface area contributed by atoms with Gasteiger partial charge in [0.15, 0.2) is 12.3 Å². The number of aryl methyl sites for hydroxylation is 1. The predicted octanol–water partition coefficient (Wildman–Crippen LogP) is 3.08. The lowest BCUT2D eigenvalue weighted by Crippen LogP contribution is -2.28. The summed E-state index contributed by atoms with van der Waals surface area (Å²) in [5.41, 5.74) is 2.04. The van der Waals surface area contributed by atoms with Crippen LogP contribution in [0.15, 0.2) is 24.3 Å². The molecule has 1 heterocycles. The lowest BCUT2D eigenvalue weighted by molar-refractivity contribution is -0.532. The second-order valence-corrected chi connectivity index (χ2v) is 5.30. The van der Waals surface area contributed by atoms with Crippen LogP contribution in [-0.4, -0.2) is 29.7 Å². The van der Waals surface area contributed by atoms with Crippen LogP contribution in [0.3, 0.4) is 0 Å². The van der Waals surface area contributed by atoms with Gasteiger partial charge < -0.3 is 0 Å². The number of carbonyl (C=O) groups excluding carboxylic acids is 1. The van der Waals surface area contributed by atoms with Gasteiger partial charge in [-0.2, -0.15) is 0 Å². The van der Waals surface area contributed by atoms with E-state index in [2.05, 4.69) is 10.8 Å². The molecule has 0 saturated carbocycles. The van der Waals surface area contributed by atoms with Gasteiger partial charge in [0.05, 0.1) is 5.92 Å². The van der Waals surface area contributed by atoms with Crippen LogP contribution in [0.2, 0.25) is 0 Å². The van der Waals surface area contributed by atoms with Crippen LogP contribution < -0.4 is 0 Å². The van der Waals surface area contributed by atoms with Gasteiger partial charge >= 0.3 is 0 Å². The first-order chi connectivity index (χ1) is 8.66. The maximum Gasteiger partial charge on any atom is 0.171 e. The van der Waals surface area contributed by atoms with Gasteiger partial charge in [0, 0.05) is 18.4 Å². The Morgan fingerprint density at radius 2 is 2.00 bits per heavy atom. The molecule has 1 atom stereocenters. The Labute approximate surface area is 109 Å². The monoisotopic (exact) mass is 244 g/mol. The first-order valence-electron chi connectivity index (χ1n) is 6.85. The lowest BCUT2D eigenvalue weighted by atomic mass is 9.98. The number of nitrogens with zero attached hydrogens (tertiary/aromatic N) is 1. The van der Waals surface area contributed by atoms with E-state index in [4.69, 9.17) is 0 Å². The van der Waals surface area contributed by atoms with Gasteiger partial charge in [-0.05, 0) is 20.3 Å². The number of hydrogen-bond acceptors (Lipinski definition) is 1. The van der Waals surface area contributed by atoms with E-state index in [1.807, 2.05) is 38.1 Å². The molecule has 0 radical (unpaired) electrons. The summed E-state index contributed by atoms with van der Waals surface area (Å²) in [5.74, 6) is 0.330. The van der Waals surface area contributed by atoms with Gasteiger partial charge in [-0.15, -0.1) is 0 Å². The Bertz CT molecular complexity index is 445. The molecule has 0 saturated heterocycles. The number of rotatable bonds is 4. The molecule has 1 unspecified atom stereocenters. The summed E-state index contributed by atoms with van der Waals surface area (Å²) in [6.07, 6.45) is 5.95. The van der Waals surface area contributed by atoms with Crippen LogP contribution in [0, 0.1) is 12.8 Å². The SMILES string of the molecule is Cc1ccc(C(=O)C(C)C[N+]2=CCCCC2)cc1. The molecule has 0 fully saturated rings. The third kappa shape index (κ3) is 3.28. The van der Waals surface area contributed by atoms with E-state index in [9.17, 15) is 4.79 Å². The Hall–Kier alpha value is -1.44. The molecule has 0 N–H and O–H groups in total. The van der Waals surface area contributed by atoms with Crippen LogP contribution >= 0.6 is 0 Å². The molecule has 0 spiro atoms. The van der Waals surface area contributed by atoms with Gasteiger partial charge in [0.2, 0.25) is 0 Å². The predicted molar refractivity (Wildman–Crippen MR) is 74.6 cm³/mol. The average molecular weight is 244 g/mol. The quantitative estimate of drug-likeness (QED) is 0.588. The van der Waals surface area contributed by atoms with Crippen molar-refractivity contribution in [1.29, 1.82) is 0 Å². The minimum absolute atomic E-state index is 0.0713. The van der Waals surface area contributed by atoms with Crippen molar-refractivity contribution in [2.24, 2.45) is 5.92 Å². The van der Waals surface area contributed by atoms with Crippen LogP contribution in [0.1, 0.15) is 42.1 Å². The van der Waals surface area contributed by atoms with Gasteiger partial charge in [-0.1, -0.05) is 29.8 Å². The van der Waals surface area contributed by atoms with Crippen molar-refractivity contribution in [2.45, 2.75) is 33.1 Å². The molecule has 0 bridgehead atoms. The fraction of sp³-hybridized carbons (Fsp3) is 0.500. The molecule has 0 aromatic heterocycles. The summed E-state index contributed by atoms with van der Waals surface area (Å²) < 4.78 is 2.31. The standard InChI is InChI=1S/C16H22NO/c1-13-6-8-15(9-7-13)16(18)14(2)12-17-10-4-3-5-11-17/h6-10,14H,3-5,11-12H2,1-2H3/q+1. The van der Waals surface area contributed by atoms with E-state index in [0.29, 0.717) is 0 Å². The fourth-order valence-electron chi connectivity index (χ4n) is 2.43. The number of benzene rings is 1. The highest BCUT2D eigenvalue weighted by atomic mass is 16.1. The molecule has 96 valence electrons. The molecule has 1 aromatic rings. The molecule has 1 aromatic carbocycles. The van der Waals surface area contributed by atoms with Gasteiger partial charge in [0.25, 0.3) is 0 Å². The number of carbonyl (C=O) groups is 1. The smallest absolute Gasteiger partial charge is 0.171 e. The lowest BCUT2D eigenvalue weighted by Gasteiger charge is -2.13. The van der Waals surface area contributed by atoms with Crippen molar-refractivity contribution in [3.8, 4) is 0 Å². The number of hydrogen-bond donors (Lipinski definition) is 0. The molecule has 0 aliphatic carbocycles. The van der Waals surface area contributed by atoms with E-state index in [-0.39, 0.29) is 11.7 Å². The summed E-state index contributed by atoms with van der Waals surface area (Å²) in [5, 5.41) is 0. The molecule has 2 rings (SSSR count). The van der Waals surface area contributed by atoms with Crippen molar-refractivity contribution in [2.75, 3.05) is 13.1 Å². The average Bonchev–Trinajstić information content (AvgIpc) is 2.40. The number of Topliss-reactive ketones (excluding diaryl/α,β-unsaturated/α-hetero) is 1. The van der Waals surface area contributed by atoms with E-state index in [0.717, 1.165) is 25.1 Å². The van der Waals surface area contributed by atoms with Crippen molar-refractivity contribution in [3.63, 3.8) is 0 Å². The van der Waals surface area contributed by atoms with Crippen LogP contribution in [-0.2, 0) is 0 Å². The zero-order valence-corrected chi connectivity index (χ0v) is 11.4. The maximum absolute atomic E-state index is 12.3. The van der Waals surface area contributed by atoms with Crippen molar-refractivity contribution >= 4 is 12.0 Å². The second kappa shape index (κ2) is 5.94. The summed E-state index contributed by atoms with van der Waals surface area (Å²) in [4.78, 5) is 12.3.